The van der Waals surface area contributed by atoms with E-state index in [0.717, 1.165) is 0 Å². The molecule has 8 heteroatoms. The summed E-state index contributed by atoms with van der Waals surface area (Å²) in [7, 11) is 1.47. The zero-order chi connectivity index (χ0) is 19.5. The Morgan fingerprint density at radius 2 is 2.00 bits per heavy atom. The Balaban J connectivity index is 2.56. The zero-order valence-corrected chi connectivity index (χ0v) is 15.1. The molecule has 0 amide bonds. The van der Waals surface area contributed by atoms with E-state index in [1.165, 1.54) is 11.9 Å². The molecule has 0 spiro atoms. The summed E-state index contributed by atoms with van der Waals surface area (Å²) in [5, 5.41) is 29.0. The van der Waals surface area contributed by atoms with Crippen LogP contribution in [0.25, 0.3) is 0 Å². The normalized spacial score (nSPS) is 24.5. The van der Waals surface area contributed by atoms with Crippen molar-refractivity contribution in [3.63, 3.8) is 0 Å². The molecule has 0 aliphatic heterocycles. The van der Waals surface area contributed by atoms with Crippen LogP contribution in [-0.4, -0.2) is 57.1 Å². The molecule has 0 radical (unpaired) electrons. The van der Waals surface area contributed by atoms with Crippen LogP contribution in [0.5, 0.6) is 0 Å². The highest BCUT2D eigenvalue weighted by Crippen LogP contribution is 2.43. The third kappa shape index (κ3) is 3.75. The van der Waals surface area contributed by atoms with E-state index in [1.54, 1.807) is 24.3 Å². The number of nitrogens with zero attached hydrogens (tertiary/aromatic N) is 1. The number of Topliss-reactive ketones (excluding diaryl/α,β-unsaturated/α-hetero) is 1. The highest BCUT2D eigenvalue weighted by atomic mass is 35.5. The Morgan fingerprint density at radius 1 is 1.35 bits per heavy atom. The Morgan fingerprint density at radius 3 is 2.58 bits per heavy atom. The van der Waals surface area contributed by atoms with Gasteiger partial charge in [-0.05, 0) is 44.4 Å². The molecular weight excluding hydrogens is 362 g/mol. The fraction of sp³-hybridized carbons (Fsp3) is 0.500. The fourth-order valence-electron chi connectivity index (χ4n) is 3.69. The molecule has 1 aromatic carbocycles. The van der Waals surface area contributed by atoms with Crippen molar-refractivity contribution in [3.05, 3.63) is 34.9 Å². The predicted molar refractivity (Wildman–Crippen MR) is 94.1 cm³/mol. The van der Waals surface area contributed by atoms with E-state index < -0.39 is 35.4 Å². The maximum atomic E-state index is 13.0. The fourth-order valence-corrected chi connectivity index (χ4v) is 3.99. The van der Waals surface area contributed by atoms with Crippen LogP contribution in [0.3, 0.4) is 0 Å². The van der Waals surface area contributed by atoms with Crippen molar-refractivity contribution < 1.29 is 29.7 Å². The van der Waals surface area contributed by atoms with Gasteiger partial charge < -0.3 is 15.3 Å². The van der Waals surface area contributed by atoms with Gasteiger partial charge in [0.1, 0.15) is 17.7 Å². The molecule has 3 N–H and O–H groups in total. The number of aliphatic carboxylic acids is 2. The number of aliphatic hydroxyl groups is 1. The maximum absolute atomic E-state index is 13.0. The Hall–Kier alpha value is -1.96. The van der Waals surface area contributed by atoms with Crippen molar-refractivity contribution in [2.24, 2.45) is 0 Å². The van der Waals surface area contributed by atoms with Crippen molar-refractivity contribution >= 4 is 29.3 Å². The number of hydrogen-bond acceptors (Lipinski definition) is 5. The average molecular weight is 384 g/mol. The third-order valence-corrected chi connectivity index (χ3v) is 5.36. The number of likely N-dealkylation sites (N-methyl/N-ethyl adjacent to an activating group) is 1. The molecule has 0 bridgehead atoms. The van der Waals surface area contributed by atoms with Gasteiger partial charge in [0, 0.05) is 11.4 Å². The van der Waals surface area contributed by atoms with Crippen LogP contribution < -0.4 is 0 Å². The maximum Gasteiger partial charge on any atom is 0.320 e. The lowest BCUT2D eigenvalue weighted by molar-refractivity contribution is -0.155. The lowest BCUT2D eigenvalue weighted by atomic mass is 9.72. The van der Waals surface area contributed by atoms with Gasteiger partial charge in [0.15, 0.2) is 5.78 Å². The molecule has 1 saturated carbocycles. The van der Waals surface area contributed by atoms with Crippen LogP contribution in [0.2, 0.25) is 5.02 Å². The number of carboxylic acids is 2. The summed E-state index contributed by atoms with van der Waals surface area (Å²) >= 11 is 6.31. The first-order chi connectivity index (χ1) is 12.2. The number of hydrogen-bond donors (Lipinski definition) is 3. The van der Waals surface area contributed by atoms with Gasteiger partial charge in [-0.15, -0.1) is 0 Å². The number of carbonyl (C=O) groups is 3. The van der Waals surface area contributed by atoms with Gasteiger partial charge >= 0.3 is 11.9 Å². The largest absolute Gasteiger partial charge is 0.481 e. The second kappa shape index (κ2) is 8.16. The minimum absolute atomic E-state index is 0.170. The van der Waals surface area contributed by atoms with E-state index in [9.17, 15) is 24.6 Å². The van der Waals surface area contributed by atoms with Gasteiger partial charge in [0.05, 0.1) is 0 Å². The molecule has 3 atom stereocenters. The molecule has 0 heterocycles. The number of carboxylic acid groups (broad SMARTS) is 2. The first kappa shape index (κ1) is 20.4. The summed E-state index contributed by atoms with van der Waals surface area (Å²) in [5.74, 6) is -2.86. The van der Waals surface area contributed by atoms with Gasteiger partial charge in [-0.1, -0.05) is 29.8 Å². The number of halogens is 1. The summed E-state index contributed by atoms with van der Waals surface area (Å²) in [6.45, 7) is 0. The minimum Gasteiger partial charge on any atom is -0.481 e. The first-order valence-corrected chi connectivity index (χ1v) is 8.74. The molecule has 26 heavy (non-hydrogen) atoms. The summed E-state index contributed by atoms with van der Waals surface area (Å²) in [6, 6.07) is 5.43. The van der Waals surface area contributed by atoms with Gasteiger partial charge in [0.25, 0.3) is 0 Å². The summed E-state index contributed by atoms with van der Waals surface area (Å²) in [5.41, 5.74) is -0.994. The standard InChI is InChI=1S/C18H22ClNO6/c1-20(13(17(25)26)8-9-15(22)23)18(10-4-7-14(21)16(18)24)11-5-2-3-6-12(11)19/h2-3,5-6,13-14,21H,4,7-10H2,1H3,(H,22,23)(H,25,26)/t13-,14-,18-/m1/s1. The lowest BCUT2D eigenvalue weighted by Gasteiger charge is -2.47. The molecule has 1 aliphatic rings. The third-order valence-electron chi connectivity index (χ3n) is 5.03. The Kier molecular flexibility index (Phi) is 6.39. The molecular formula is C18H22ClNO6. The molecule has 0 aromatic heterocycles. The topological polar surface area (TPSA) is 115 Å². The minimum atomic E-state index is -1.42. The molecule has 142 valence electrons. The molecule has 0 unspecified atom stereocenters. The Labute approximate surface area is 156 Å². The quantitative estimate of drug-likeness (QED) is 0.658. The second-order valence-corrected chi connectivity index (χ2v) is 6.92. The number of benzene rings is 1. The van der Waals surface area contributed by atoms with Crippen molar-refractivity contribution in [1.29, 1.82) is 0 Å². The highest BCUT2D eigenvalue weighted by molar-refractivity contribution is 6.31. The monoisotopic (exact) mass is 383 g/mol. The van der Waals surface area contributed by atoms with Crippen molar-refractivity contribution in [1.82, 2.24) is 4.90 Å². The average Bonchev–Trinajstić information content (AvgIpc) is 2.57. The van der Waals surface area contributed by atoms with Crippen LogP contribution in [0.1, 0.15) is 37.7 Å². The van der Waals surface area contributed by atoms with E-state index in [0.29, 0.717) is 29.8 Å². The van der Waals surface area contributed by atoms with Crippen molar-refractivity contribution in [3.8, 4) is 0 Å². The molecule has 7 nitrogen and oxygen atoms in total. The number of aliphatic hydroxyl groups excluding tert-OH is 1. The zero-order valence-electron chi connectivity index (χ0n) is 14.4. The van der Waals surface area contributed by atoms with Crippen LogP contribution in [-0.2, 0) is 19.9 Å². The van der Waals surface area contributed by atoms with Crippen molar-refractivity contribution in [2.75, 3.05) is 7.05 Å². The van der Waals surface area contributed by atoms with Gasteiger partial charge in [-0.2, -0.15) is 0 Å². The van der Waals surface area contributed by atoms with E-state index in [4.69, 9.17) is 16.7 Å². The SMILES string of the molecule is CN([C@H](CCC(=O)O)C(=O)O)[C@@]1(c2ccccc2Cl)CCC[C@@H](O)C1=O. The first-order valence-electron chi connectivity index (χ1n) is 8.36. The van der Waals surface area contributed by atoms with Gasteiger partial charge in [-0.25, -0.2) is 0 Å². The Bertz CT molecular complexity index is 709. The summed E-state index contributed by atoms with van der Waals surface area (Å²) in [4.78, 5) is 37.1. The smallest absolute Gasteiger partial charge is 0.320 e. The van der Waals surface area contributed by atoms with Gasteiger partial charge in [0.2, 0.25) is 0 Å². The summed E-state index contributed by atoms with van der Waals surface area (Å²) < 4.78 is 0. The van der Waals surface area contributed by atoms with Crippen LogP contribution >= 0.6 is 11.6 Å². The van der Waals surface area contributed by atoms with Crippen LogP contribution in [0.15, 0.2) is 24.3 Å². The molecule has 2 rings (SSSR count). The number of rotatable bonds is 7. The molecule has 0 saturated heterocycles. The second-order valence-electron chi connectivity index (χ2n) is 6.51. The molecule has 1 aliphatic carbocycles. The van der Waals surface area contributed by atoms with Gasteiger partial charge in [-0.3, -0.25) is 19.3 Å². The molecule has 1 fully saturated rings. The number of ketones is 1. The molecule has 1 aromatic rings. The van der Waals surface area contributed by atoms with E-state index in [2.05, 4.69) is 0 Å². The predicted octanol–water partition coefficient (Wildman–Crippen LogP) is 1.90. The van der Waals surface area contributed by atoms with E-state index >= 15 is 0 Å². The van der Waals surface area contributed by atoms with E-state index in [1.807, 2.05) is 0 Å². The summed E-state index contributed by atoms with van der Waals surface area (Å²) in [6.07, 6.45) is -0.649. The van der Waals surface area contributed by atoms with Crippen molar-refractivity contribution in [2.45, 2.75) is 49.8 Å². The highest BCUT2D eigenvalue weighted by Gasteiger charge is 2.52. The number of carbonyl (C=O) groups excluding carboxylic acids is 1. The lowest BCUT2D eigenvalue weighted by Crippen LogP contribution is -2.60. The van der Waals surface area contributed by atoms with E-state index in [-0.39, 0.29) is 12.8 Å². The van der Waals surface area contributed by atoms with Crippen LogP contribution in [0, 0.1) is 0 Å². The van der Waals surface area contributed by atoms with Crippen LogP contribution in [0.4, 0.5) is 0 Å².